The Morgan fingerprint density at radius 3 is 2.20 bits per heavy atom. The number of halogens is 1. The van der Waals surface area contributed by atoms with Gasteiger partial charge in [-0.1, -0.05) is 0 Å². The molecule has 0 amide bonds. The number of fused-ring (bicyclic) bond motifs is 1. The summed E-state index contributed by atoms with van der Waals surface area (Å²) in [6.07, 6.45) is -5.45. The highest BCUT2D eigenvalue weighted by atomic mass is 32.2. The number of phosphoric acid groups is 1. The molecular formula is C20H28FN2O15PS. The average molecular weight is 618 g/mol. The van der Waals surface area contributed by atoms with E-state index in [1.54, 1.807) is 27.7 Å². The van der Waals surface area contributed by atoms with Crippen LogP contribution in [0.1, 0.15) is 40.8 Å². The molecule has 0 spiro atoms. The minimum absolute atomic E-state index is 0.414. The van der Waals surface area contributed by atoms with Crippen molar-refractivity contribution in [3.63, 3.8) is 0 Å². The number of carbonyl (C=O) groups is 2. The standard InChI is InChI=1S/C20H28FN2O15PS/c1-11(2)34-17(26)29-9-32-39(28,33-10-30-18(27)35-12(3)4)31-8-20(21)14-19(5,38-40-37-14)15(36-20)23-7-6-13(24)22-16(23)25/h6-7,11-12,14-15H,8-10H2,1-5H3,(H,22,24,25)/t14-,15+,19+,20+/m0/s1. The Balaban J connectivity index is 1.75. The van der Waals surface area contributed by atoms with Gasteiger partial charge in [0.1, 0.15) is 6.61 Å². The van der Waals surface area contributed by atoms with E-state index in [2.05, 4.69) is 9.47 Å². The maximum Gasteiger partial charge on any atom is 0.510 e. The maximum absolute atomic E-state index is 16.2. The number of alkyl halides is 1. The lowest BCUT2D eigenvalue weighted by Crippen LogP contribution is -2.48. The Kier molecular flexibility index (Phi) is 10.4. The molecular weight excluding hydrogens is 590 g/mol. The van der Waals surface area contributed by atoms with Crippen LogP contribution in [0.15, 0.2) is 21.9 Å². The second kappa shape index (κ2) is 13.0. The van der Waals surface area contributed by atoms with Crippen LogP contribution in [-0.2, 0) is 50.2 Å². The number of nitrogens with one attached hydrogen (secondary N) is 1. The first-order valence-corrected chi connectivity index (χ1v) is 13.7. The van der Waals surface area contributed by atoms with Crippen molar-refractivity contribution in [3.05, 3.63) is 33.1 Å². The molecule has 1 aromatic heterocycles. The summed E-state index contributed by atoms with van der Waals surface area (Å²) in [5, 5.41) is 0. The molecule has 0 aliphatic carbocycles. The Labute approximate surface area is 230 Å². The average Bonchev–Trinajstić information content (AvgIpc) is 3.33. The smallest absolute Gasteiger partial charge is 0.432 e. The van der Waals surface area contributed by atoms with Gasteiger partial charge in [0.15, 0.2) is 30.3 Å². The molecule has 1 N–H and O–H groups in total. The van der Waals surface area contributed by atoms with Gasteiger partial charge in [-0.2, -0.15) is 0 Å². The number of ether oxygens (including phenoxy) is 5. The number of hydrogen-bond donors (Lipinski definition) is 1. The van der Waals surface area contributed by atoms with Crippen molar-refractivity contribution < 1.29 is 64.2 Å². The topological polar surface area (TPSA) is 198 Å². The highest BCUT2D eigenvalue weighted by Gasteiger charge is 2.70. The first kappa shape index (κ1) is 32.0. The molecule has 1 aromatic rings. The van der Waals surface area contributed by atoms with Gasteiger partial charge in [-0.3, -0.25) is 27.2 Å². The highest BCUT2D eigenvalue weighted by molar-refractivity contribution is 7.90. The fourth-order valence-corrected chi connectivity index (χ4v) is 5.06. The first-order valence-electron chi connectivity index (χ1n) is 11.6. The fourth-order valence-electron chi connectivity index (χ4n) is 3.37. The zero-order valence-corrected chi connectivity index (χ0v) is 23.6. The summed E-state index contributed by atoms with van der Waals surface area (Å²) in [6, 6.07) is 1.01. The SMILES string of the molecule is CC(C)OC(=O)OCOP(=O)(OCOC(=O)OC(C)C)OC[C@@]1(F)O[C@@H](n2ccc(=O)[nH]c2=O)[C@]2(C)OSO[C@@H]21. The second-order valence-electron chi connectivity index (χ2n) is 8.92. The third kappa shape index (κ3) is 7.82. The quantitative estimate of drug-likeness (QED) is 0.155. The molecule has 0 unspecified atom stereocenters. The van der Waals surface area contributed by atoms with E-state index < -0.39 is 87.6 Å². The first-order chi connectivity index (χ1) is 18.7. The molecule has 2 saturated heterocycles. The molecule has 2 fully saturated rings. The number of H-pyrrole nitrogens is 1. The number of rotatable bonds is 12. The summed E-state index contributed by atoms with van der Waals surface area (Å²) in [7, 11) is -4.87. The van der Waals surface area contributed by atoms with Gasteiger partial charge in [0, 0.05) is 12.3 Å². The van der Waals surface area contributed by atoms with E-state index in [0.29, 0.717) is 12.3 Å². The molecule has 3 rings (SSSR count). The van der Waals surface area contributed by atoms with Gasteiger partial charge in [-0.25, -0.2) is 32.4 Å². The fraction of sp³-hybridized carbons (Fsp3) is 0.700. The molecule has 20 heteroatoms. The van der Waals surface area contributed by atoms with Crippen LogP contribution in [0.3, 0.4) is 0 Å². The number of carbonyl (C=O) groups excluding carboxylic acids is 2. The van der Waals surface area contributed by atoms with Crippen LogP contribution in [-0.4, -0.2) is 71.8 Å². The summed E-state index contributed by atoms with van der Waals surface area (Å²) in [5.41, 5.74) is -3.29. The van der Waals surface area contributed by atoms with Crippen molar-refractivity contribution in [1.82, 2.24) is 9.55 Å². The van der Waals surface area contributed by atoms with Crippen molar-refractivity contribution in [2.24, 2.45) is 0 Å². The molecule has 226 valence electrons. The van der Waals surface area contributed by atoms with E-state index in [1.807, 2.05) is 4.98 Å². The van der Waals surface area contributed by atoms with Crippen LogP contribution in [0, 0.1) is 0 Å². The van der Waals surface area contributed by atoms with Gasteiger partial charge < -0.3 is 23.7 Å². The zero-order valence-electron chi connectivity index (χ0n) is 21.9. The van der Waals surface area contributed by atoms with Crippen molar-refractivity contribution >= 4 is 32.5 Å². The summed E-state index contributed by atoms with van der Waals surface area (Å²) in [4.78, 5) is 49.0. The van der Waals surface area contributed by atoms with Gasteiger partial charge in [0.25, 0.3) is 11.4 Å². The van der Waals surface area contributed by atoms with Crippen molar-refractivity contribution in [2.45, 2.75) is 70.6 Å². The van der Waals surface area contributed by atoms with E-state index in [1.165, 1.54) is 6.92 Å². The number of nitrogens with zero attached hydrogens (tertiary/aromatic N) is 1. The van der Waals surface area contributed by atoms with Gasteiger partial charge in [0.2, 0.25) is 13.6 Å². The second-order valence-corrected chi connectivity index (χ2v) is 11.1. The molecule has 17 nitrogen and oxygen atoms in total. The van der Waals surface area contributed by atoms with Crippen LogP contribution in [0.25, 0.3) is 0 Å². The predicted molar refractivity (Wildman–Crippen MR) is 128 cm³/mol. The number of aromatic nitrogens is 2. The summed E-state index contributed by atoms with van der Waals surface area (Å²) < 4.78 is 80.0. The summed E-state index contributed by atoms with van der Waals surface area (Å²) in [6.45, 7) is 4.27. The van der Waals surface area contributed by atoms with Gasteiger partial charge >= 0.3 is 25.8 Å². The molecule has 2 aliphatic rings. The van der Waals surface area contributed by atoms with E-state index in [0.717, 1.165) is 16.8 Å². The Hall–Kier alpha value is -2.51. The van der Waals surface area contributed by atoms with E-state index in [9.17, 15) is 23.7 Å². The number of phosphoric ester groups is 1. The van der Waals surface area contributed by atoms with E-state index >= 15 is 4.39 Å². The summed E-state index contributed by atoms with van der Waals surface area (Å²) >= 11 is 0.414. The normalized spacial score (nSPS) is 26.1. The Morgan fingerprint density at radius 1 is 1.10 bits per heavy atom. The molecule has 0 radical (unpaired) electrons. The largest absolute Gasteiger partial charge is 0.510 e. The van der Waals surface area contributed by atoms with Gasteiger partial charge in [0.05, 0.1) is 12.2 Å². The lowest BCUT2D eigenvalue weighted by atomic mass is 9.95. The van der Waals surface area contributed by atoms with Crippen molar-refractivity contribution in [2.75, 3.05) is 20.2 Å². The molecule has 0 saturated carbocycles. The zero-order chi connectivity index (χ0) is 29.7. The third-order valence-electron chi connectivity index (χ3n) is 5.02. The molecule has 0 bridgehead atoms. The van der Waals surface area contributed by atoms with Crippen LogP contribution in [0.4, 0.5) is 14.0 Å². The van der Waals surface area contributed by atoms with Gasteiger partial charge in [-0.15, -0.1) is 0 Å². The molecule has 0 aromatic carbocycles. The Bertz CT molecular complexity index is 1190. The lowest BCUT2D eigenvalue weighted by Gasteiger charge is -2.26. The lowest BCUT2D eigenvalue weighted by molar-refractivity contribution is -0.203. The van der Waals surface area contributed by atoms with Crippen LogP contribution >= 0.6 is 20.1 Å². The minimum Gasteiger partial charge on any atom is -0.432 e. The molecule has 40 heavy (non-hydrogen) atoms. The van der Waals surface area contributed by atoms with E-state index in [-0.39, 0.29) is 0 Å². The van der Waals surface area contributed by atoms with Crippen LogP contribution in [0.2, 0.25) is 0 Å². The van der Waals surface area contributed by atoms with Crippen molar-refractivity contribution in [1.29, 1.82) is 0 Å². The number of hydrogen-bond acceptors (Lipinski definition) is 16. The maximum atomic E-state index is 16.2. The predicted octanol–water partition coefficient (Wildman–Crippen LogP) is 2.66. The van der Waals surface area contributed by atoms with Gasteiger partial charge in [-0.05, 0) is 34.6 Å². The third-order valence-corrected chi connectivity index (χ3v) is 7.01. The summed E-state index contributed by atoms with van der Waals surface area (Å²) in [5.74, 6) is -2.95. The Morgan fingerprint density at radius 2 is 1.68 bits per heavy atom. The molecule has 3 heterocycles. The molecule has 2 aliphatic heterocycles. The van der Waals surface area contributed by atoms with Crippen LogP contribution in [0.5, 0.6) is 0 Å². The monoisotopic (exact) mass is 618 g/mol. The molecule has 4 atom stereocenters. The number of aromatic amines is 1. The van der Waals surface area contributed by atoms with Crippen LogP contribution < -0.4 is 11.2 Å². The van der Waals surface area contributed by atoms with Crippen molar-refractivity contribution in [3.8, 4) is 0 Å². The minimum atomic E-state index is -4.87. The highest BCUT2D eigenvalue weighted by Crippen LogP contribution is 2.57. The van der Waals surface area contributed by atoms with E-state index in [4.69, 9.17) is 36.1 Å².